The van der Waals surface area contributed by atoms with Crippen molar-refractivity contribution in [3.05, 3.63) is 41.0 Å². The lowest BCUT2D eigenvalue weighted by atomic mass is 9.93. The molecule has 1 saturated heterocycles. The van der Waals surface area contributed by atoms with Gasteiger partial charge in [0.1, 0.15) is 13.1 Å². The number of aldehydes is 1. The summed E-state index contributed by atoms with van der Waals surface area (Å²) < 4.78 is 0. The van der Waals surface area contributed by atoms with Gasteiger partial charge in [-0.3, -0.25) is 4.79 Å². The molecular weight excluding hydrogens is 661 g/mol. The van der Waals surface area contributed by atoms with Crippen molar-refractivity contribution < 1.29 is 19.5 Å². The van der Waals surface area contributed by atoms with Crippen molar-refractivity contribution in [2.75, 3.05) is 53.4 Å². The first-order valence-electron chi connectivity index (χ1n) is 18.7. The van der Waals surface area contributed by atoms with Gasteiger partial charge in [-0.25, -0.2) is 4.98 Å². The fraction of sp³-hybridized carbons (Fsp3) is 0.700. The number of thiazole rings is 1. The monoisotopic (exact) mass is 739 g/mol. The number of aryl methyl sites for hydroxylation is 1. The van der Waals surface area contributed by atoms with Crippen LogP contribution in [0.25, 0.3) is 10.4 Å². The highest BCUT2D eigenvalue weighted by Crippen LogP contribution is 2.27. The van der Waals surface area contributed by atoms with Gasteiger partial charge in [0, 0.05) is 45.6 Å². The summed E-state index contributed by atoms with van der Waals surface area (Å²) in [6.45, 7) is 27.8. The molecule has 1 fully saturated rings. The van der Waals surface area contributed by atoms with Crippen molar-refractivity contribution in [1.29, 1.82) is 0 Å². The van der Waals surface area contributed by atoms with Crippen molar-refractivity contribution in [2.45, 2.75) is 126 Å². The van der Waals surface area contributed by atoms with Crippen LogP contribution in [-0.4, -0.2) is 98.3 Å². The molecule has 298 valence electrons. The Hall–Kier alpha value is -2.54. The van der Waals surface area contributed by atoms with Crippen LogP contribution in [0.15, 0.2) is 29.8 Å². The van der Waals surface area contributed by atoms with Gasteiger partial charge in [0.05, 0.1) is 22.2 Å². The minimum Gasteiger partial charge on any atom is -0.392 e. The summed E-state index contributed by atoms with van der Waals surface area (Å²) in [5, 5.41) is 12.0. The van der Waals surface area contributed by atoms with Crippen LogP contribution >= 0.6 is 11.3 Å². The lowest BCUT2D eigenvalue weighted by Gasteiger charge is -2.19. The van der Waals surface area contributed by atoms with Crippen LogP contribution in [0.1, 0.15) is 118 Å². The lowest BCUT2D eigenvalue weighted by Crippen LogP contribution is -2.30. The summed E-state index contributed by atoms with van der Waals surface area (Å²) in [6.07, 6.45) is 8.75. The molecule has 0 aliphatic carbocycles. The number of hydrogen-bond donors (Lipinski definition) is 4. The zero-order valence-corrected chi connectivity index (χ0v) is 35.2. The average molecular weight is 739 g/mol. The standard InChI is InChI=1S/C12H14N2S.C8H20N2.C6H13NO.C6H12O.C5H11NO.C2H6.CH2O/c1-9-12(15-8-14-9)11-5-3-10(4-6-11)7-13-2;1-3-6-10(7-4-2)8-5-9;1-2-3-4-5-6(7)8;1-6(2,3)4-5-7;1-6-3-2-5(7)4-6;2*1-2/h3-6,8,13H,7H2,1-2H3;3-9H2,1-2H3;2-5H2,1H3,(H2,7,8);5H,4H2,1-3H3;5,7H,2-4H2,1H3;1-2H3;1H2. The Morgan fingerprint density at radius 3 is 1.94 bits per heavy atom. The number of rotatable bonds is 14. The van der Waals surface area contributed by atoms with Crippen molar-refractivity contribution >= 4 is 30.3 Å². The molecule has 51 heavy (non-hydrogen) atoms. The average Bonchev–Trinajstić information content (AvgIpc) is 3.70. The summed E-state index contributed by atoms with van der Waals surface area (Å²) in [4.78, 5) is 38.0. The Labute approximate surface area is 317 Å². The predicted molar refractivity (Wildman–Crippen MR) is 221 cm³/mol. The van der Waals surface area contributed by atoms with Gasteiger partial charge in [-0.2, -0.15) is 0 Å². The number of nitrogens with two attached hydrogens (primary N) is 2. The number of nitrogens with zero attached hydrogens (tertiary/aromatic N) is 3. The number of β-amino-alcohol motifs (C(OH)–C–C–N with tert-alkyl or cyclic N) is 1. The molecule has 2 aromatic rings. The smallest absolute Gasteiger partial charge is 0.217 e. The fourth-order valence-corrected chi connectivity index (χ4v) is 5.23. The maximum atomic E-state index is 10.1. The van der Waals surface area contributed by atoms with E-state index in [9.17, 15) is 9.59 Å². The highest BCUT2D eigenvalue weighted by molar-refractivity contribution is 7.13. The van der Waals surface area contributed by atoms with Crippen LogP contribution in [0.3, 0.4) is 0 Å². The summed E-state index contributed by atoms with van der Waals surface area (Å²) in [5.41, 5.74) is 16.1. The van der Waals surface area contributed by atoms with Gasteiger partial charge in [-0.15, -0.1) is 11.3 Å². The molecule has 1 aliphatic heterocycles. The maximum absolute atomic E-state index is 10.1. The molecule has 1 aromatic carbocycles. The summed E-state index contributed by atoms with van der Waals surface area (Å²) in [5.74, 6) is -0.182. The zero-order chi connectivity index (χ0) is 40.1. The highest BCUT2D eigenvalue weighted by atomic mass is 32.1. The van der Waals surface area contributed by atoms with E-state index in [1.165, 1.54) is 41.9 Å². The molecule has 1 unspecified atom stereocenters. The molecular formula is C40H78N6O4S. The Morgan fingerprint density at radius 1 is 1.08 bits per heavy atom. The van der Waals surface area contributed by atoms with Gasteiger partial charge in [-0.05, 0) is 76.3 Å². The van der Waals surface area contributed by atoms with E-state index in [0.717, 1.165) is 70.4 Å². The van der Waals surface area contributed by atoms with Gasteiger partial charge in [0.15, 0.2) is 0 Å². The first-order chi connectivity index (χ1) is 24.3. The number of primary amides is 1. The lowest BCUT2D eigenvalue weighted by molar-refractivity contribution is -0.118. The van der Waals surface area contributed by atoms with Gasteiger partial charge in [-0.1, -0.05) is 92.5 Å². The molecule has 2 heterocycles. The molecule has 1 aliphatic rings. The summed E-state index contributed by atoms with van der Waals surface area (Å²) >= 11 is 1.70. The van der Waals surface area contributed by atoms with E-state index in [1.54, 1.807) is 11.3 Å². The molecule has 0 bridgehead atoms. The molecule has 1 aromatic heterocycles. The van der Waals surface area contributed by atoms with Gasteiger partial charge < -0.3 is 41.3 Å². The van der Waals surface area contributed by atoms with Crippen LogP contribution in [0.2, 0.25) is 0 Å². The highest BCUT2D eigenvalue weighted by Gasteiger charge is 2.15. The number of benzene rings is 1. The van der Waals surface area contributed by atoms with Crippen molar-refractivity contribution in [2.24, 2.45) is 16.9 Å². The Morgan fingerprint density at radius 2 is 1.65 bits per heavy atom. The topological polar surface area (TPSA) is 155 Å². The minimum atomic E-state index is -0.182. The Kier molecular flexibility index (Phi) is 41.9. The first-order valence-corrected chi connectivity index (χ1v) is 19.6. The number of carbonyl (C=O) groups is 3. The summed E-state index contributed by atoms with van der Waals surface area (Å²) in [7, 11) is 3.98. The van der Waals surface area contributed by atoms with Gasteiger partial charge in [0.25, 0.3) is 0 Å². The second kappa shape index (κ2) is 38.7. The molecule has 3 rings (SSSR count). The normalized spacial score (nSPS) is 13.1. The number of amides is 1. The van der Waals surface area contributed by atoms with Gasteiger partial charge in [0.2, 0.25) is 5.91 Å². The quantitative estimate of drug-likeness (QED) is 0.117. The molecule has 6 N–H and O–H groups in total. The minimum absolute atomic E-state index is 0.0509. The Bertz CT molecular complexity index is 1010. The number of aromatic nitrogens is 1. The molecule has 0 radical (unpaired) electrons. The number of nitrogens with one attached hydrogen (secondary N) is 1. The number of unbranched alkanes of at least 4 members (excludes halogenated alkanes) is 2. The number of likely N-dealkylation sites (N-methyl/N-ethyl adjacent to an activating group) is 1. The molecule has 10 nitrogen and oxygen atoms in total. The third-order valence-corrected chi connectivity index (χ3v) is 7.93. The van der Waals surface area contributed by atoms with E-state index in [-0.39, 0.29) is 17.4 Å². The van der Waals surface area contributed by atoms with Crippen LogP contribution < -0.4 is 16.8 Å². The van der Waals surface area contributed by atoms with Crippen LogP contribution in [0.5, 0.6) is 0 Å². The van der Waals surface area contributed by atoms with Crippen LogP contribution in [0.4, 0.5) is 0 Å². The number of hydrogen-bond acceptors (Lipinski definition) is 10. The van der Waals surface area contributed by atoms with Crippen molar-refractivity contribution in [3.63, 3.8) is 0 Å². The van der Waals surface area contributed by atoms with Crippen LogP contribution in [-0.2, 0) is 20.9 Å². The fourth-order valence-electron chi connectivity index (χ4n) is 4.42. The summed E-state index contributed by atoms with van der Waals surface area (Å²) in [6, 6.07) is 8.64. The van der Waals surface area contributed by atoms with E-state index < -0.39 is 0 Å². The van der Waals surface area contributed by atoms with E-state index in [4.69, 9.17) is 21.4 Å². The SMILES string of the molecule is C=O.CC.CC(C)(C)CC=O.CCCCCC(N)=O.CCCN(CCC)CCN.CN1CCC(O)C1.CNCc1ccc(-c2scnc2C)cc1. The first kappa shape index (κ1) is 55.2. The largest absolute Gasteiger partial charge is 0.392 e. The molecule has 11 heteroatoms. The van der Waals surface area contributed by atoms with E-state index in [1.807, 2.05) is 67.9 Å². The predicted octanol–water partition coefficient (Wildman–Crippen LogP) is 7.10. The zero-order valence-electron chi connectivity index (χ0n) is 34.4. The number of carbonyl (C=O) groups excluding carboxylic acids is 3. The van der Waals surface area contributed by atoms with Crippen molar-refractivity contribution in [3.8, 4) is 10.4 Å². The molecule has 1 atom stereocenters. The maximum Gasteiger partial charge on any atom is 0.217 e. The Balaban J connectivity index is -0.000000273. The number of likely N-dealkylation sites (tertiary alicyclic amines) is 1. The second-order valence-electron chi connectivity index (χ2n) is 13.2. The van der Waals surface area contributed by atoms with E-state index >= 15 is 0 Å². The van der Waals surface area contributed by atoms with Crippen LogP contribution in [0, 0.1) is 12.3 Å². The second-order valence-corrected chi connectivity index (χ2v) is 14.0. The number of aliphatic hydroxyl groups is 1. The van der Waals surface area contributed by atoms with E-state index in [0.29, 0.717) is 12.8 Å². The third kappa shape index (κ3) is 37.0. The number of aliphatic hydroxyl groups excluding tert-OH is 1. The third-order valence-electron chi connectivity index (χ3n) is 6.96. The van der Waals surface area contributed by atoms with Gasteiger partial charge >= 0.3 is 0 Å². The molecule has 0 saturated carbocycles. The molecule has 0 spiro atoms. The van der Waals surface area contributed by atoms with E-state index in [2.05, 4.69) is 65.1 Å². The van der Waals surface area contributed by atoms with Crippen molar-refractivity contribution in [1.82, 2.24) is 20.1 Å². The molecule has 1 amide bonds.